The number of pyridine rings is 1. The van der Waals surface area contributed by atoms with E-state index in [1.165, 1.54) is 19.1 Å². The molecule has 0 aliphatic heterocycles. The zero-order valence-corrected chi connectivity index (χ0v) is 19.5. The monoisotopic (exact) mass is 488 g/mol. The standard InChI is InChI=1S/C26H25FN6O3/c1-16(34)32-23(24(29)35)15-31-26(36)21-9-10-22(20-8-3-2-6-18(20)14-28)33-25(21)30-12-11-17-5-4-7-19(27)13-17/h2-10,13,23H,11-12,15H2,1H3,(H2,29,35)(H,30,33)(H,31,36)(H,32,34)/t23-/m0/s1. The third-order valence-corrected chi connectivity index (χ3v) is 5.25. The molecule has 0 unspecified atom stereocenters. The van der Waals surface area contributed by atoms with Gasteiger partial charge in [0.2, 0.25) is 11.8 Å². The lowest BCUT2D eigenvalue weighted by Gasteiger charge is -2.17. The first-order chi connectivity index (χ1) is 17.3. The smallest absolute Gasteiger partial charge is 0.255 e. The van der Waals surface area contributed by atoms with Crippen molar-refractivity contribution in [2.45, 2.75) is 19.4 Å². The molecule has 1 heterocycles. The third-order valence-electron chi connectivity index (χ3n) is 5.25. The van der Waals surface area contributed by atoms with Crippen molar-refractivity contribution < 1.29 is 18.8 Å². The molecule has 0 bridgehead atoms. The molecule has 0 saturated carbocycles. The van der Waals surface area contributed by atoms with Gasteiger partial charge < -0.3 is 21.7 Å². The van der Waals surface area contributed by atoms with Gasteiger partial charge in [0.15, 0.2) is 0 Å². The predicted molar refractivity (Wildman–Crippen MR) is 132 cm³/mol. The molecule has 0 aliphatic rings. The van der Waals surface area contributed by atoms with E-state index < -0.39 is 23.8 Å². The fraction of sp³-hybridized carbons (Fsp3) is 0.192. The predicted octanol–water partition coefficient (Wildman–Crippen LogP) is 2.13. The van der Waals surface area contributed by atoms with Gasteiger partial charge in [-0.15, -0.1) is 0 Å². The first-order valence-corrected chi connectivity index (χ1v) is 11.1. The Balaban J connectivity index is 1.86. The molecule has 9 nitrogen and oxygen atoms in total. The summed E-state index contributed by atoms with van der Waals surface area (Å²) in [6.07, 6.45) is 0.464. The molecule has 184 valence electrons. The summed E-state index contributed by atoms with van der Waals surface area (Å²) < 4.78 is 13.5. The maximum absolute atomic E-state index is 13.5. The van der Waals surface area contributed by atoms with Crippen LogP contribution >= 0.6 is 0 Å². The molecule has 10 heteroatoms. The molecular formula is C26H25FN6O3. The van der Waals surface area contributed by atoms with Crippen LogP contribution in [-0.2, 0) is 16.0 Å². The van der Waals surface area contributed by atoms with Gasteiger partial charge in [0.1, 0.15) is 17.7 Å². The second-order valence-electron chi connectivity index (χ2n) is 7.92. The number of hydrogen-bond acceptors (Lipinski definition) is 6. The van der Waals surface area contributed by atoms with Crippen molar-refractivity contribution in [1.82, 2.24) is 15.6 Å². The lowest BCUT2D eigenvalue weighted by atomic mass is 10.0. The largest absolute Gasteiger partial charge is 0.369 e. The second-order valence-corrected chi connectivity index (χ2v) is 7.92. The fourth-order valence-corrected chi connectivity index (χ4v) is 3.51. The molecule has 0 saturated heterocycles. The Bertz CT molecular complexity index is 1320. The van der Waals surface area contributed by atoms with E-state index in [0.29, 0.717) is 29.8 Å². The Labute approximate surface area is 207 Å². The van der Waals surface area contributed by atoms with E-state index in [-0.39, 0.29) is 23.7 Å². The van der Waals surface area contributed by atoms with E-state index in [9.17, 15) is 24.0 Å². The summed E-state index contributed by atoms with van der Waals surface area (Å²) in [5.74, 6) is -1.91. The van der Waals surface area contributed by atoms with Crippen LogP contribution in [0.25, 0.3) is 11.3 Å². The topological polar surface area (TPSA) is 150 Å². The Morgan fingerprint density at radius 2 is 1.89 bits per heavy atom. The van der Waals surface area contributed by atoms with E-state index in [4.69, 9.17) is 5.73 Å². The number of rotatable bonds is 10. The molecule has 0 aliphatic carbocycles. The minimum absolute atomic E-state index is 0.179. The van der Waals surface area contributed by atoms with Crippen LogP contribution < -0.4 is 21.7 Å². The summed E-state index contributed by atoms with van der Waals surface area (Å²) in [5.41, 5.74) is 7.74. The number of carbonyl (C=O) groups is 3. The van der Waals surface area contributed by atoms with E-state index in [2.05, 4.69) is 27.0 Å². The van der Waals surface area contributed by atoms with Crippen molar-refractivity contribution in [2.75, 3.05) is 18.4 Å². The number of benzene rings is 2. The van der Waals surface area contributed by atoms with Gasteiger partial charge in [0.05, 0.1) is 22.9 Å². The van der Waals surface area contributed by atoms with Gasteiger partial charge >= 0.3 is 0 Å². The van der Waals surface area contributed by atoms with Gasteiger partial charge in [0, 0.05) is 25.6 Å². The molecule has 0 radical (unpaired) electrons. The highest BCUT2D eigenvalue weighted by Crippen LogP contribution is 2.25. The SMILES string of the molecule is CC(=O)N[C@@H](CNC(=O)c1ccc(-c2ccccc2C#N)nc1NCCc1cccc(F)c1)C(N)=O. The van der Waals surface area contributed by atoms with Crippen molar-refractivity contribution in [1.29, 1.82) is 5.26 Å². The number of nitriles is 1. The summed E-state index contributed by atoms with van der Waals surface area (Å²) in [6.45, 7) is 1.37. The molecule has 2 aromatic carbocycles. The lowest BCUT2D eigenvalue weighted by molar-refractivity contribution is -0.126. The number of hydrogen-bond donors (Lipinski definition) is 4. The van der Waals surface area contributed by atoms with Crippen LogP contribution in [0.3, 0.4) is 0 Å². The molecule has 0 fully saturated rings. The van der Waals surface area contributed by atoms with Crippen LogP contribution in [0.4, 0.5) is 10.2 Å². The van der Waals surface area contributed by atoms with Gasteiger partial charge in [-0.25, -0.2) is 9.37 Å². The van der Waals surface area contributed by atoms with Crippen molar-refractivity contribution in [3.63, 3.8) is 0 Å². The van der Waals surface area contributed by atoms with Crippen LogP contribution in [0.15, 0.2) is 60.7 Å². The van der Waals surface area contributed by atoms with Crippen molar-refractivity contribution in [3.8, 4) is 17.3 Å². The number of carbonyl (C=O) groups excluding carboxylic acids is 3. The van der Waals surface area contributed by atoms with Crippen molar-refractivity contribution in [3.05, 3.63) is 83.2 Å². The number of nitrogens with one attached hydrogen (secondary N) is 3. The van der Waals surface area contributed by atoms with Crippen LogP contribution in [0.2, 0.25) is 0 Å². The number of amides is 3. The minimum atomic E-state index is -1.08. The highest BCUT2D eigenvalue weighted by atomic mass is 19.1. The van der Waals surface area contributed by atoms with E-state index >= 15 is 0 Å². The zero-order chi connectivity index (χ0) is 26.1. The summed E-state index contributed by atoms with van der Waals surface area (Å²) in [7, 11) is 0. The molecule has 1 atom stereocenters. The fourth-order valence-electron chi connectivity index (χ4n) is 3.51. The summed E-state index contributed by atoms with van der Waals surface area (Å²) in [5, 5.41) is 17.5. The lowest BCUT2D eigenvalue weighted by Crippen LogP contribution is -2.50. The number of aromatic nitrogens is 1. The number of nitrogens with zero attached hydrogens (tertiary/aromatic N) is 2. The van der Waals surface area contributed by atoms with Crippen LogP contribution in [0.1, 0.15) is 28.4 Å². The number of anilines is 1. The maximum atomic E-state index is 13.5. The van der Waals surface area contributed by atoms with E-state index in [1.54, 1.807) is 48.5 Å². The third kappa shape index (κ3) is 6.87. The Hall–Kier alpha value is -4.78. The van der Waals surface area contributed by atoms with Crippen molar-refractivity contribution in [2.24, 2.45) is 5.73 Å². The average molecular weight is 489 g/mol. The summed E-state index contributed by atoms with van der Waals surface area (Å²) >= 11 is 0. The summed E-state index contributed by atoms with van der Waals surface area (Å²) in [4.78, 5) is 40.4. The zero-order valence-electron chi connectivity index (χ0n) is 19.5. The van der Waals surface area contributed by atoms with E-state index in [0.717, 1.165) is 5.56 Å². The van der Waals surface area contributed by atoms with Crippen molar-refractivity contribution >= 4 is 23.5 Å². The minimum Gasteiger partial charge on any atom is -0.369 e. The van der Waals surface area contributed by atoms with Gasteiger partial charge in [-0.2, -0.15) is 5.26 Å². The molecular weight excluding hydrogens is 463 g/mol. The van der Waals surface area contributed by atoms with Gasteiger partial charge in [-0.1, -0.05) is 30.3 Å². The Morgan fingerprint density at radius 1 is 1.11 bits per heavy atom. The number of halogens is 1. The molecule has 3 aromatic rings. The van der Waals surface area contributed by atoms with Gasteiger partial charge in [0.25, 0.3) is 5.91 Å². The molecule has 0 spiro atoms. The Kier molecular flexibility index (Phi) is 8.67. The van der Waals surface area contributed by atoms with Crippen LogP contribution in [0, 0.1) is 17.1 Å². The molecule has 3 amide bonds. The first kappa shape index (κ1) is 25.8. The number of primary amides is 1. The summed E-state index contributed by atoms with van der Waals surface area (Å²) in [6, 6.07) is 17.3. The van der Waals surface area contributed by atoms with Crippen LogP contribution in [0.5, 0.6) is 0 Å². The molecule has 5 N–H and O–H groups in total. The molecule has 36 heavy (non-hydrogen) atoms. The maximum Gasteiger partial charge on any atom is 0.255 e. The van der Waals surface area contributed by atoms with Crippen LogP contribution in [-0.4, -0.2) is 41.8 Å². The average Bonchev–Trinajstić information content (AvgIpc) is 2.86. The van der Waals surface area contributed by atoms with Gasteiger partial charge in [-0.05, 0) is 42.3 Å². The second kappa shape index (κ2) is 12.1. The number of nitrogens with two attached hydrogens (primary N) is 1. The first-order valence-electron chi connectivity index (χ1n) is 11.1. The molecule has 1 aromatic heterocycles. The van der Waals surface area contributed by atoms with Gasteiger partial charge in [-0.3, -0.25) is 14.4 Å². The normalized spacial score (nSPS) is 11.1. The van der Waals surface area contributed by atoms with E-state index in [1.807, 2.05) is 0 Å². The highest BCUT2D eigenvalue weighted by Gasteiger charge is 2.20. The Morgan fingerprint density at radius 3 is 2.58 bits per heavy atom. The highest BCUT2D eigenvalue weighted by molar-refractivity contribution is 5.99. The molecule has 3 rings (SSSR count). The quantitative estimate of drug-likeness (QED) is 0.343.